The second-order valence-electron chi connectivity index (χ2n) is 3.70. The van der Waals surface area contributed by atoms with Crippen LogP contribution in [0.5, 0.6) is 0 Å². The molecule has 78 valence electrons. The van der Waals surface area contributed by atoms with Crippen LogP contribution in [0.1, 0.15) is 28.8 Å². The van der Waals surface area contributed by atoms with Crippen LogP contribution in [0.4, 0.5) is 5.69 Å². The Balaban J connectivity index is 2.56. The number of anilines is 1. The SMILES string of the molecule is C[C@@H]1C(=O)N(C)c2ccc(C(=O)O)cc21. The number of likely N-dealkylation sites (N-methyl/N-ethyl adjacent to an activating group) is 1. The Kier molecular flexibility index (Phi) is 2.00. The number of amides is 1. The number of carboxylic acid groups (broad SMARTS) is 1. The zero-order valence-corrected chi connectivity index (χ0v) is 8.52. The molecule has 1 aromatic carbocycles. The molecule has 1 aromatic rings. The van der Waals surface area contributed by atoms with Gasteiger partial charge in [-0.25, -0.2) is 4.79 Å². The molecule has 4 nitrogen and oxygen atoms in total. The van der Waals surface area contributed by atoms with Crippen molar-refractivity contribution in [2.24, 2.45) is 0 Å². The highest BCUT2D eigenvalue weighted by atomic mass is 16.4. The molecular weight excluding hydrogens is 194 g/mol. The summed E-state index contributed by atoms with van der Waals surface area (Å²) in [5.41, 5.74) is 1.82. The molecule has 0 spiro atoms. The van der Waals surface area contributed by atoms with Gasteiger partial charge in [-0.05, 0) is 30.7 Å². The average molecular weight is 205 g/mol. The average Bonchev–Trinajstić information content (AvgIpc) is 2.44. The van der Waals surface area contributed by atoms with E-state index in [9.17, 15) is 9.59 Å². The van der Waals surface area contributed by atoms with Crippen molar-refractivity contribution in [3.63, 3.8) is 0 Å². The normalized spacial score (nSPS) is 19.2. The van der Waals surface area contributed by atoms with Gasteiger partial charge in [-0.1, -0.05) is 0 Å². The topological polar surface area (TPSA) is 57.6 Å². The summed E-state index contributed by atoms with van der Waals surface area (Å²) < 4.78 is 0. The van der Waals surface area contributed by atoms with Gasteiger partial charge in [0.2, 0.25) is 5.91 Å². The van der Waals surface area contributed by atoms with Crippen LogP contribution in [0.25, 0.3) is 0 Å². The molecule has 1 amide bonds. The van der Waals surface area contributed by atoms with E-state index in [2.05, 4.69) is 0 Å². The Bertz CT molecular complexity index is 453. The predicted octanol–water partition coefficient (Wildman–Crippen LogP) is 1.46. The van der Waals surface area contributed by atoms with Crippen LogP contribution in [0.3, 0.4) is 0 Å². The van der Waals surface area contributed by atoms with Crippen LogP contribution in [-0.4, -0.2) is 24.0 Å². The minimum absolute atomic E-state index is 0.00698. The van der Waals surface area contributed by atoms with Gasteiger partial charge in [0.1, 0.15) is 0 Å². The molecule has 0 fully saturated rings. The fourth-order valence-electron chi connectivity index (χ4n) is 1.88. The minimum Gasteiger partial charge on any atom is -0.478 e. The lowest BCUT2D eigenvalue weighted by Crippen LogP contribution is -2.22. The van der Waals surface area contributed by atoms with E-state index in [1.165, 1.54) is 6.07 Å². The third-order valence-electron chi connectivity index (χ3n) is 2.80. The second-order valence-corrected chi connectivity index (χ2v) is 3.70. The van der Waals surface area contributed by atoms with Crippen molar-refractivity contribution in [2.75, 3.05) is 11.9 Å². The van der Waals surface area contributed by atoms with E-state index in [0.717, 1.165) is 11.3 Å². The number of hydrogen-bond donors (Lipinski definition) is 1. The first-order valence-electron chi connectivity index (χ1n) is 4.67. The van der Waals surface area contributed by atoms with Gasteiger partial charge in [0.15, 0.2) is 0 Å². The highest BCUT2D eigenvalue weighted by molar-refractivity contribution is 6.05. The number of carboxylic acids is 1. The molecule has 4 heteroatoms. The van der Waals surface area contributed by atoms with E-state index >= 15 is 0 Å². The van der Waals surface area contributed by atoms with Crippen molar-refractivity contribution in [1.82, 2.24) is 0 Å². The number of benzene rings is 1. The summed E-state index contributed by atoms with van der Waals surface area (Å²) in [5, 5.41) is 8.84. The van der Waals surface area contributed by atoms with E-state index in [1.807, 2.05) is 0 Å². The summed E-state index contributed by atoms with van der Waals surface area (Å²) in [6.07, 6.45) is 0. The van der Waals surface area contributed by atoms with Gasteiger partial charge < -0.3 is 10.0 Å². The zero-order valence-electron chi connectivity index (χ0n) is 8.52. The molecule has 2 rings (SSSR count). The van der Waals surface area contributed by atoms with Crippen LogP contribution in [0.2, 0.25) is 0 Å². The maximum Gasteiger partial charge on any atom is 0.335 e. The Labute approximate surface area is 87.1 Å². The van der Waals surface area contributed by atoms with Crippen LogP contribution in [0, 0.1) is 0 Å². The van der Waals surface area contributed by atoms with Gasteiger partial charge in [0.05, 0.1) is 11.5 Å². The third kappa shape index (κ3) is 1.29. The van der Waals surface area contributed by atoms with Crippen molar-refractivity contribution >= 4 is 17.6 Å². The molecule has 1 aliphatic rings. The van der Waals surface area contributed by atoms with Crippen molar-refractivity contribution in [2.45, 2.75) is 12.8 Å². The van der Waals surface area contributed by atoms with Gasteiger partial charge in [-0.15, -0.1) is 0 Å². The van der Waals surface area contributed by atoms with Crippen LogP contribution < -0.4 is 4.90 Å². The lowest BCUT2D eigenvalue weighted by atomic mass is 10.0. The van der Waals surface area contributed by atoms with Crippen molar-refractivity contribution in [3.05, 3.63) is 29.3 Å². The van der Waals surface area contributed by atoms with Crippen LogP contribution >= 0.6 is 0 Å². The fraction of sp³-hybridized carbons (Fsp3) is 0.273. The van der Waals surface area contributed by atoms with Gasteiger partial charge in [-0.2, -0.15) is 0 Å². The zero-order chi connectivity index (χ0) is 11.2. The quantitative estimate of drug-likeness (QED) is 0.755. The maximum atomic E-state index is 11.6. The molecule has 0 aromatic heterocycles. The number of fused-ring (bicyclic) bond motifs is 1. The van der Waals surface area contributed by atoms with Gasteiger partial charge >= 0.3 is 5.97 Å². The number of hydrogen-bond acceptors (Lipinski definition) is 2. The Hall–Kier alpha value is -1.84. The fourth-order valence-corrected chi connectivity index (χ4v) is 1.88. The highest BCUT2D eigenvalue weighted by Crippen LogP contribution is 2.36. The highest BCUT2D eigenvalue weighted by Gasteiger charge is 2.32. The molecule has 1 atom stereocenters. The predicted molar refractivity (Wildman–Crippen MR) is 55.2 cm³/mol. The first kappa shape index (κ1) is 9.71. The molecule has 0 aliphatic carbocycles. The lowest BCUT2D eigenvalue weighted by molar-refractivity contribution is -0.118. The first-order chi connectivity index (χ1) is 7.02. The molecule has 0 bridgehead atoms. The molecule has 15 heavy (non-hydrogen) atoms. The van der Waals surface area contributed by atoms with Crippen molar-refractivity contribution in [3.8, 4) is 0 Å². The third-order valence-corrected chi connectivity index (χ3v) is 2.80. The van der Waals surface area contributed by atoms with E-state index < -0.39 is 5.97 Å². The molecule has 1 N–H and O–H groups in total. The monoisotopic (exact) mass is 205 g/mol. The largest absolute Gasteiger partial charge is 0.478 e. The van der Waals surface area contributed by atoms with Gasteiger partial charge in [0.25, 0.3) is 0 Å². The summed E-state index contributed by atoms with van der Waals surface area (Å²) in [7, 11) is 1.70. The number of aromatic carboxylic acids is 1. The second kappa shape index (κ2) is 3.08. The summed E-state index contributed by atoms with van der Waals surface area (Å²) in [6, 6.07) is 4.77. The van der Waals surface area contributed by atoms with E-state index in [0.29, 0.717) is 0 Å². The Morgan fingerprint density at radius 3 is 2.73 bits per heavy atom. The molecule has 0 unspecified atom stereocenters. The summed E-state index contributed by atoms with van der Waals surface area (Å²) in [6.45, 7) is 1.79. The smallest absolute Gasteiger partial charge is 0.335 e. The number of carbonyl (C=O) groups excluding carboxylic acids is 1. The van der Waals surface area contributed by atoms with Gasteiger partial charge in [0, 0.05) is 12.7 Å². The molecular formula is C11H11NO3. The van der Waals surface area contributed by atoms with Crippen LogP contribution in [-0.2, 0) is 4.79 Å². The summed E-state index contributed by atoms with van der Waals surface area (Å²) in [4.78, 5) is 24.0. The Morgan fingerprint density at radius 2 is 2.13 bits per heavy atom. The number of rotatable bonds is 1. The van der Waals surface area contributed by atoms with Gasteiger partial charge in [-0.3, -0.25) is 4.79 Å². The molecule has 1 heterocycles. The lowest BCUT2D eigenvalue weighted by Gasteiger charge is -2.09. The summed E-state index contributed by atoms with van der Waals surface area (Å²) in [5.74, 6) is -1.20. The number of nitrogens with zero attached hydrogens (tertiary/aromatic N) is 1. The van der Waals surface area contributed by atoms with E-state index in [-0.39, 0.29) is 17.4 Å². The Morgan fingerprint density at radius 1 is 1.47 bits per heavy atom. The van der Waals surface area contributed by atoms with Crippen molar-refractivity contribution < 1.29 is 14.7 Å². The first-order valence-corrected chi connectivity index (χ1v) is 4.67. The standard InChI is InChI=1S/C11H11NO3/c1-6-8-5-7(11(14)15)3-4-9(8)12(2)10(6)13/h3-6H,1-2H3,(H,14,15)/t6-/m0/s1. The molecule has 0 saturated carbocycles. The molecule has 1 aliphatic heterocycles. The molecule has 0 saturated heterocycles. The molecule has 0 radical (unpaired) electrons. The van der Waals surface area contributed by atoms with E-state index in [4.69, 9.17) is 5.11 Å². The van der Waals surface area contributed by atoms with Crippen LogP contribution in [0.15, 0.2) is 18.2 Å². The number of carbonyl (C=O) groups is 2. The van der Waals surface area contributed by atoms with Crippen molar-refractivity contribution in [1.29, 1.82) is 0 Å². The summed E-state index contributed by atoms with van der Waals surface area (Å²) >= 11 is 0. The minimum atomic E-state index is -0.966. The van der Waals surface area contributed by atoms with E-state index in [1.54, 1.807) is 31.0 Å². The maximum absolute atomic E-state index is 11.6.